The van der Waals surface area contributed by atoms with Crippen molar-refractivity contribution in [3.05, 3.63) is 22.8 Å². The average molecular weight is 225 g/mol. The van der Waals surface area contributed by atoms with Crippen molar-refractivity contribution in [3.8, 4) is 0 Å². The Kier molecular flexibility index (Phi) is 5.42. The van der Waals surface area contributed by atoms with E-state index in [9.17, 15) is 0 Å². The van der Waals surface area contributed by atoms with Crippen LogP contribution in [0.1, 0.15) is 25.2 Å². The molecule has 0 saturated heterocycles. The van der Waals surface area contributed by atoms with Crippen LogP contribution in [0.25, 0.3) is 0 Å². The second-order valence-electron chi connectivity index (χ2n) is 3.76. The predicted molar refractivity (Wildman–Crippen MR) is 68.7 cm³/mol. The maximum atomic E-state index is 5.49. The minimum Gasteiger partial charge on any atom is -0.401 e. The van der Waals surface area contributed by atoms with Crippen LogP contribution < -0.4 is 16.8 Å². The van der Waals surface area contributed by atoms with Gasteiger partial charge >= 0.3 is 0 Å². The first-order chi connectivity index (χ1) is 7.31. The van der Waals surface area contributed by atoms with E-state index in [1.165, 1.54) is 0 Å². The standard InChI is InChI=1S/C6H11N3.C5H12N2/c1-4-5(2)9(3)6(7)8-4;1-4(6)5(2)7-3/h1-3H3,(H2,7,8);7H,6H2,1-3H3/b;5-4-. The molecule has 0 aliphatic carbocycles. The van der Waals surface area contributed by atoms with E-state index < -0.39 is 0 Å². The van der Waals surface area contributed by atoms with Crippen LogP contribution in [0.5, 0.6) is 0 Å². The van der Waals surface area contributed by atoms with E-state index in [0.29, 0.717) is 5.95 Å². The Bertz CT molecular complexity index is 349. The zero-order valence-corrected chi connectivity index (χ0v) is 11.0. The van der Waals surface area contributed by atoms with Gasteiger partial charge in [-0.1, -0.05) is 0 Å². The summed E-state index contributed by atoms with van der Waals surface area (Å²) in [6.07, 6.45) is 0. The normalized spacial score (nSPS) is 11.4. The lowest BCUT2D eigenvalue weighted by atomic mass is 10.4. The van der Waals surface area contributed by atoms with Gasteiger partial charge in [0.25, 0.3) is 0 Å². The van der Waals surface area contributed by atoms with Crippen LogP contribution in [0.2, 0.25) is 0 Å². The van der Waals surface area contributed by atoms with Gasteiger partial charge in [0.1, 0.15) is 0 Å². The number of nitrogen functional groups attached to an aromatic ring is 1. The Morgan fingerprint density at radius 1 is 1.31 bits per heavy atom. The molecule has 5 nitrogen and oxygen atoms in total. The molecule has 5 heteroatoms. The number of imidazole rings is 1. The highest BCUT2D eigenvalue weighted by Crippen LogP contribution is 2.07. The lowest BCUT2D eigenvalue weighted by molar-refractivity contribution is 0.885. The number of rotatable bonds is 1. The van der Waals surface area contributed by atoms with Crippen LogP contribution >= 0.6 is 0 Å². The van der Waals surface area contributed by atoms with Crippen LogP contribution in [0.3, 0.4) is 0 Å². The molecule has 0 fully saturated rings. The summed E-state index contributed by atoms with van der Waals surface area (Å²) in [5.74, 6) is 0.588. The quantitative estimate of drug-likeness (QED) is 0.667. The van der Waals surface area contributed by atoms with Crippen molar-refractivity contribution in [2.24, 2.45) is 12.8 Å². The van der Waals surface area contributed by atoms with Crippen molar-refractivity contribution in [1.29, 1.82) is 0 Å². The molecule has 0 aliphatic heterocycles. The van der Waals surface area contributed by atoms with Gasteiger partial charge < -0.3 is 21.4 Å². The number of allylic oxidation sites excluding steroid dienone is 2. The highest BCUT2D eigenvalue weighted by Gasteiger charge is 2.01. The number of hydrogen-bond acceptors (Lipinski definition) is 4. The molecule has 1 aromatic rings. The molecule has 92 valence electrons. The lowest BCUT2D eigenvalue weighted by Gasteiger charge is -1.98. The SMILES string of the molecule is CN/C(C)=C(/C)N.Cc1nc(N)n(C)c1C. The number of aromatic nitrogens is 2. The fraction of sp³-hybridized carbons (Fsp3) is 0.545. The van der Waals surface area contributed by atoms with Gasteiger partial charge in [0.15, 0.2) is 5.95 Å². The van der Waals surface area contributed by atoms with Crippen LogP contribution in [0.4, 0.5) is 5.95 Å². The zero-order valence-electron chi connectivity index (χ0n) is 11.0. The third kappa shape index (κ3) is 3.84. The van der Waals surface area contributed by atoms with Crippen molar-refractivity contribution >= 4 is 5.95 Å². The molecule has 0 saturated carbocycles. The first-order valence-corrected chi connectivity index (χ1v) is 5.17. The molecule has 1 rings (SSSR count). The average Bonchev–Trinajstić information content (AvgIpc) is 2.45. The number of nitrogens with one attached hydrogen (secondary N) is 1. The smallest absolute Gasteiger partial charge is 0.200 e. The third-order valence-corrected chi connectivity index (χ3v) is 2.62. The summed E-state index contributed by atoms with van der Waals surface area (Å²) in [5.41, 5.74) is 14.9. The van der Waals surface area contributed by atoms with Gasteiger partial charge in [-0.05, 0) is 27.7 Å². The fourth-order valence-electron chi connectivity index (χ4n) is 0.939. The van der Waals surface area contributed by atoms with Gasteiger partial charge in [-0.25, -0.2) is 4.98 Å². The van der Waals surface area contributed by atoms with Gasteiger partial charge in [0.2, 0.25) is 0 Å². The van der Waals surface area contributed by atoms with Crippen molar-refractivity contribution in [3.63, 3.8) is 0 Å². The van der Waals surface area contributed by atoms with E-state index in [2.05, 4.69) is 10.3 Å². The Labute approximate surface area is 97.5 Å². The molecule has 0 bridgehead atoms. The summed E-state index contributed by atoms with van der Waals surface area (Å²) < 4.78 is 1.87. The summed E-state index contributed by atoms with van der Waals surface area (Å²) in [7, 11) is 3.76. The monoisotopic (exact) mass is 225 g/mol. The summed E-state index contributed by atoms with van der Waals surface area (Å²) in [4.78, 5) is 4.05. The molecule has 0 aliphatic rings. The Morgan fingerprint density at radius 3 is 1.88 bits per heavy atom. The fourth-order valence-corrected chi connectivity index (χ4v) is 0.939. The van der Waals surface area contributed by atoms with Crippen LogP contribution in [0.15, 0.2) is 11.4 Å². The van der Waals surface area contributed by atoms with Gasteiger partial charge in [-0.2, -0.15) is 0 Å². The second kappa shape index (κ2) is 6.05. The van der Waals surface area contributed by atoms with Gasteiger partial charge in [-0.3, -0.25) is 0 Å². The van der Waals surface area contributed by atoms with E-state index in [1.807, 2.05) is 46.4 Å². The molecule has 16 heavy (non-hydrogen) atoms. The first kappa shape index (κ1) is 14.3. The van der Waals surface area contributed by atoms with Gasteiger partial charge in [0.05, 0.1) is 5.69 Å². The van der Waals surface area contributed by atoms with Crippen molar-refractivity contribution in [2.75, 3.05) is 12.8 Å². The van der Waals surface area contributed by atoms with Gasteiger partial charge in [0, 0.05) is 31.2 Å². The number of nitrogens with zero attached hydrogens (tertiary/aromatic N) is 2. The molecule has 1 heterocycles. The maximum Gasteiger partial charge on any atom is 0.200 e. The number of nitrogens with two attached hydrogens (primary N) is 2. The summed E-state index contributed by atoms with van der Waals surface area (Å²) in [6.45, 7) is 7.76. The first-order valence-electron chi connectivity index (χ1n) is 5.17. The molecular weight excluding hydrogens is 202 g/mol. The summed E-state index contributed by atoms with van der Waals surface area (Å²) in [6, 6.07) is 0. The predicted octanol–water partition coefficient (Wildman–Crippen LogP) is 1.04. The molecule has 1 aromatic heterocycles. The molecule has 0 unspecified atom stereocenters. The zero-order chi connectivity index (χ0) is 12.9. The minimum absolute atomic E-state index is 0.588. The Balaban J connectivity index is 0.000000293. The van der Waals surface area contributed by atoms with Crippen molar-refractivity contribution in [2.45, 2.75) is 27.7 Å². The molecule has 0 amide bonds. The topological polar surface area (TPSA) is 81.9 Å². The largest absolute Gasteiger partial charge is 0.401 e. The molecule has 0 aromatic carbocycles. The summed E-state index contributed by atoms with van der Waals surface area (Å²) >= 11 is 0. The molecular formula is C11H23N5. The number of aryl methyl sites for hydroxylation is 1. The van der Waals surface area contributed by atoms with Crippen LogP contribution in [-0.2, 0) is 7.05 Å². The second-order valence-corrected chi connectivity index (χ2v) is 3.76. The number of anilines is 1. The molecule has 0 spiro atoms. The van der Waals surface area contributed by atoms with Crippen LogP contribution in [-0.4, -0.2) is 16.6 Å². The van der Waals surface area contributed by atoms with E-state index in [1.54, 1.807) is 0 Å². The highest BCUT2D eigenvalue weighted by molar-refractivity contribution is 5.26. The van der Waals surface area contributed by atoms with E-state index in [-0.39, 0.29) is 0 Å². The Hall–Kier alpha value is -1.65. The maximum absolute atomic E-state index is 5.49. The lowest BCUT2D eigenvalue weighted by Crippen LogP contribution is -2.08. The third-order valence-electron chi connectivity index (χ3n) is 2.62. The minimum atomic E-state index is 0.588. The van der Waals surface area contributed by atoms with E-state index in [0.717, 1.165) is 22.8 Å². The highest BCUT2D eigenvalue weighted by atomic mass is 15.1. The molecule has 5 N–H and O–H groups in total. The van der Waals surface area contributed by atoms with E-state index >= 15 is 0 Å². The Morgan fingerprint density at radius 2 is 1.81 bits per heavy atom. The van der Waals surface area contributed by atoms with Crippen LogP contribution in [0, 0.1) is 13.8 Å². The van der Waals surface area contributed by atoms with Crippen molar-refractivity contribution < 1.29 is 0 Å². The molecule has 0 atom stereocenters. The molecule has 0 radical (unpaired) electrons. The summed E-state index contributed by atoms with van der Waals surface area (Å²) in [5, 5.41) is 2.92. The van der Waals surface area contributed by atoms with Crippen molar-refractivity contribution in [1.82, 2.24) is 14.9 Å². The van der Waals surface area contributed by atoms with E-state index in [4.69, 9.17) is 11.5 Å². The number of hydrogen-bond donors (Lipinski definition) is 3. The van der Waals surface area contributed by atoms with Gasteiger partial charge in [-0.15, -0.1) is 0 Å².